The molecule has 2 unspecified atom stereocenters. The summed E-state index contributed by atoms with van der Waals surface area (Å²) in [6.07, 6.45) is 0.0828. The lowest BCUT2D eigenvalue weighted by Crippen LogP contribution is -2.35. The lowest BCUT2D eigenvalue weighted by molar-refractivity contribution is -0.0977. The predicted octanol–water partition coefficient (Wildman–Crippen LogP) is 2.19. The number of halogens is 2. The van der Waals surface area contributed by atoms with E-state index in [2.05, 4.69) is 0 Å². The van der Waals surface area contributed by atoms with Crippen LogP contribution in [-0.4, -0.2) is 17.1 Å². The molecule has 11 heavy (non-hydrogen) atoms. The van der Waals surface area contributed by atoms with Gasteiger partial charge in [0.1, 0.15) is 0 Å². The van der Waals surface area contributed by atoms with Crippen molar-refractivity contribution in [2.75, 3.05) is 0 Å². The highest BCUT2D eigenvalue weighted by Gasteiger charge is 2.39. The molecule has 0 aromatic heterocycles. The van der Waals surface area contributed by atoms with Crippen molar-refractivity contribution in [3.63, 3.8) is 0 Å². The van der Waals surface area contributed by atoms with Gasteiger partial charge in [-0.1, -0.05) is 13.3 Å². The summed E-state index contributed by atoms with van der Waals surface area (Å²) in [5, 5.41) is 9.22. The first-order valence-electron chi connectivity index (χ1n) is 4.11. The van der Waals surface area contributed by atoms with Crippen LogP contribution < -0.4 is 0 Å². The van der Waals surface area contributed by atoms with Crippen LogP contribution in [0.15, 0.2) is 0 Å². The van der Waals surface area contributed by atoms with Crippen molar-refractivity contribution in [1.29, 1.82) is 0 Å². The third-order valence-corrected chi connectivity index (χ3v) is 2.46. The molecule has 1 N–H and O–H groups in total. The quantitative estimate of drug-likeness (QED) is 0.629. The van der Waals surface area contributed by atoms with E-state index < -0.39 is 12.0 Å². The number of hydrogen-bond acceptors (Lipinski definition) is 1. The van der Waals surface area contributed by atoms with Gasteiger partial charge in [-0.15, -0.1) is 0 Å². The molecule has 2 atom stereocenters. The third kappa shape index (κ3) is 2.12. The molecule has 0 aromatic rings. The summed E-state index contributed by atoms with van der Waals surface area (Å²) in [5.74, 6) is -2.53. The molecule has 1 aliphatic carbocycles. The van der Waals surface area contributed by atoms with E-state index >= 15 is 0 Å². The lowest BCUT2D eigenvalue weighted by atomic mass is 9.83. The molecule has 0 spiro atoms. The summed E-state index contributed by atoms with van der Waals surface area (Å²) in [4.78, 5) is 0. The summed E-state index contributed by atoms with van der Waals surface area (Å²) in [7, 11) is 0. The second-order valence-electron chi connectivity index (χ2n) is 3.33. The molecule has 1 saturated carbocycles. The molecule has 0 aliphatic heterocycles. The maximum atomic E-state index is 12.6. The van der Waals surface area contributed by atoms with Crippen molar-refractivity contribution < 1.29 is 13.9 Å². The normalized spacial score (nSPS) is 37.1. The molecule has 0 amide bonds. The lowest BCUT2D eigenvalue weighted by Gasteiger charge is -2.32. The van der Waals surface area contributed by atoms with Crippen molar-refractivity contribution in [2.45, 2.75) is 44.6 Å². The zero-order valence-corrected chi connectivity index (χ0v) is 6.69. The Kier molecular flexibility index (Phi) is 2.47. The molecular formula is C8H14F2O. The fourth-order valence-electron chi connectivity index (χ4n) is 1.64. The van der Waals surface area contributed by atoms with E-state index in [1.54, 1.807) is 0 Å². The van der Waals surface area contributed by atoms with Crippen LogP contribution in [0.1, 0.15) is 32.6 Å². The molecule has 1 fully saturated rings. The Bertz CT molecular complexity index is 136. The van der Waals surface area contributed by atoms with E-state index in [1.165, 1.54) is 0 Å². The first-order valence-corrected chi connectivity index (χ1v) is 4.11. The molecular weight excluding hydrogens is 150 g/mol. The van der Waals surface area contributed by atoms with Crippen LogP contribution in [0.25, 0.3) is 0 Å². The van der Waals surface area contributed by atoms with Crippen LogP contribution in [-0.2, 0) is 0 Å². The number of hydrogen-bond donors (Lipinski definition) is 1. The van der Waals surface area contributed by atoms with Gasteiger partial charge in [-0.25, -0.2) is 8.78 Å². The highest BCUT2D eigenvalue weighted by atomic mass is 19.3. The molecule has 0 aromatic carbocycles. The monoisotopic (exact) mass is 164 g/mol. The van der Waals surface area contributed by atoms with Gasteiger partial charge >= 0.3 is 0 Å². The van der Waals surface area contributed by atoms with E-state index in [1.807, 2.05) is 6.92 Å². The average molecular weight is 164 g/mol. The molecule has 0 bridgehead atoms. The van der Waals surface area contributed by atoms with Crippen LogP contribution in [0.3, 0.4) is 0 Å². The smallest absolute Gasteiger partial charge is 0.250 e. The minimum absolute atomic E-state index is 0.0530. The molecule has 3 heteroatoms. The van der Waals surface area contributed by atoms with Crippen LogP contribution in [0.2, 0.25) is 0 Å². The van der Waals surface area contributed by atoms with Crippen LogP contribution in [0, 0.1) is 5.92 Å². The van der Waals surface area contributed by atoms with Crippen molar-refractivity contribution in [3.05, 3.63) is 0 Å². The maximum Gasteiger partial charge on any atom is 0.250 e. The van der Waals surface area contributed by atoms with E-state index in [4.69, 9.17) is 0 Å². The van der Waals surface area contributed by atoms with Gasteiger partial charge in [0.2, 0.25) is 0 Å². The predicted molar refractivity (Wildman–Crippen MR) is 38.6 cm³/mol. The molecule has 1 aliphatic rings. The average Bonchev–Trinajstić information content (AvgIpc) is 1.86. The van der Waals surface area contributed by atoms with E-state index in [0.717, 1.165) is 6.42 Å². The zero-order valence-electron chi connectivity index (χ0n) is 6.69. The van der Waals surface area contributed by atoms with Gasteiger partial charge in [0.15, 0.2) is 0 Å². The Morgan fingerprint density at radius 3 is 2.64 bits per heavy atom. The minimum Gasteiger partial charge on any atom is -0.393 e. The summed E-state index contributed by atoms with van der Waals surface area (Å²) < 4.78 is 25.2. The molecule has 1 rings (SSSR count). The largest absolute Gasteiger partial charge is 0.393 e. The van der Waals surface area contributed by atoms with E-state index in [0.29, 0.717) is 6.42 Å². The van der Waals surface area contributed by atoms with Crippen LogP contribution >= 0.6 is 0 Å². The number of aliphatic hydroxyl groups excluding tert-OH is 1. The Balaban J connectivity index is 2.48. The standard InChI is InChI=1S/C8H14F2O/c1-2-6-3-4-8(9,10)5-7(6)11/h6-7,11H,2-5H2,1H3. The van der Waals surface area contributed by atoms with Gasteiger partial charge in [0.05, 0.1) is 6.10 Å². The highest BCUT2D eigenvalue weighted by molar-refractivity contribution is 4.83. The Hall–Kier alpha value is -0.180. The van der Waals surface area contributed by atoms with Gasteiger partial charge in [-0.05, 0) is 12.3 Å². The van der Waals surface area contributed by atoms with Crippen molar-refractivity contribution in [3.8, 4) is 0 Å². The molecule has 0 saturated heterocycles. The molecule has 66 valence electrons. The number of aliphatic hydroxyl groups is 1. The fourth-order valence-corrected chi connectivity index (χ4v) is 1.64. The van der Waals surface area contributed by atoms with Gasteiger partial charge < -0.3 is 5.11 Å². The van der Waals surface area contributed by atoms with Crippen molar-refractivity contribution in [2.24, 2.45) is 5.92 Å². The number of alkyl halides is 2. The molecule has 1 nitrogen and oxygen atoms in total. The van der Waals surface area contributed by atoms with Crippen LogP contribution in [0.4, 0.5) is 8.78 Å². The minimum atomic E-state index is -2.62. The van der Waals surface area contributed by atoms with Gasteiger partial charge in [-0.3, -0.25) is 0 Å². The number of rotatable bonds is 1. The first-order chi connectivity index (χ1) is 5.05. The van der Waals surface area contributed by atoms with E-state index in [-0.39, 0.29) is 18.8 Å². The Labute approximate surface area is 65.4 Å². The zero-order chi connectivity index (χ0) is 8.48. The SMILES string of the molecule is CCC1CCC(F)(F)CC1O. The van der Waals surface area contributed by atoms with Gasteiger partial charge in [0.25, 0.3) is 5.92 Å². The first kappa shape index (κ1) is 8.91. The molecule has 0 heterocycles. The summed E-state index contributed by atoms with van der Waals surface area (Å²) >= 11 is 0. The Morgan fingerprint density at radius 1 is 1.55 bits per heavy atom. The third-order valence-electron chi connectivity index (χ3n) is 2.46. The van der Waals surface area contributed by atoms with Crippen molar-refractivity contribution in [1.82, 2.24) is 0 Å². The fraction of sp³-hybridized carbons (Fsp3) is 1.00. The second-order valence-corrected chi connectivity index (χ2v) is 3.33. The summed E-state index contributed by atoms with van der Waals surface area (Å²) in [6, 6.07) is 0. The van der Waals surface area contributed by atoms with Gasteiger partial charge in [0, 0.05) is 12.8 Å². The van der Waals surface area contributed by atoms with E-state index in [9.17, 15) is 13.9 Å². The van der Waals surface area contributed by atoms with Crippen LogP contribution in [0.5, 0.6) is 0 Å². The van der Waals surface area contributed by atoms with Crippen molar-refractivity contribution >= 4 is 0 Å². The Morgan fingerprint density at radius 2 is 2.18 bits per heavy atom. The highest BCUT2D eigenvalue weighted by Crippen LogP contribution is 2.37. The molecule has 0 radical (unpaired) electrons. The summed E-state index contributed by atoms with van der Waals surface area (Å²) in [5.41, 5.74) is 0. The maximum absolute atomic E-state index is 12.6. The topological polar surface area (TPSA) is 20.2 Å². The summed E-state index contributed by atoms with van der Waals surface area (Å²) in [6.45, 7) is 1.93. The van der Waals surface area contributed by atoms with Gasteiger partial charge in [-0.2, -0.15) is 0 Å². The second kappa shape index (κ2) is 3.05.